The number of nitrogens with zero attached hydrogens (tertiary/aromatic N) is 3. The van der Waals surface area contributed by atoms with Crippen LogP contribution in [0.3, 0.4) is 0 Å². The molecule has 0 amide bonds. The van der Waals surface area contributed by atoms with Gasteiger partial charge in [-0.1, -0.05) is 0 Å². The molecule has 128 valence electrons. The fourth-order valence-corrected chi connectivity index (χ4v) is 5.03. The highest BCUT2D eigenvalue weighted by molar-refractivity contribution is 5.00. The maximum Gasteiger partial charge on any atom is 0.0242 e. The molecule has 0 aromatic heterocycles. The van der Waals surface area contributed by atoms with Crippen molar-refractivity contribution in [3.05, 3.63) is 0 Å². The highest BCUT2D eigenvalue weighted by atomic mass is 15.4. The number of rotatable bonds is 6. The van der Waals surface area contributed by atoms with Gasteiger partial charge < -0.3 is 4.90 Å². The molecule has 0 radical (unpaired) electrons. The number of piperidine rings is 1. The predicted octanol–water partition coefficient (Wildman–Crippen LogP) is 3.05. The standard InChI is InChI=1S/C19H37N3/c1-15(2)20-10-7-17(8-11-20)6-5-9-21-13-19-12-18(21)14-22(19)16(3)4/h15-19H,5-14H2,1-4H3. The molecule has 3 aliphatic rings. The van der Waals surface area contributed by atoms with E-state index in [4.69, 9.17) is 0 Å². The maximum atomic E-state index is 2.80. The van der Waals surface area contributed by atoms with Crippen LogP contribution in [0.25, 0.3) is 0 Å². The fraction of sp³-hybridized carbons (Fsp3) is 1.00. The number of hydrogen-bond donors (Lipinski definition) is 0. The van der Waals surface area contributed by atoms with E-state index < -0.39 is 0 Å². The number of fused-ring (bicyclic) bond motifs is 2. The van der Waals surface area contributed by atoms with Crippen LogP contribution in [0.5, 0.6) is 0 Å². The topological polar surface area (TPSA) is 9.72 Å². The Kier molecular flexibility index (Phi) is 5.47. The number of likely N-dealkylation sites (tertiary alicyclic amines) is 3. The van der Waals surface area contributed by atoms with Gasteiger partial charge in [0.05, 0.1) is 0 Å². The Bertz CT molecular complexity index is 347. The molecule has 0 saturated carbocycles. The highest BCUT2D eigenvalue weighted by Gasteiger charge is 2.43. The lowest BCUT2D eigenvalue weighted by Crippen LogP contribution is -2.49. The summed E-state index contributed by atoms with van der Waals surface area (Å²) in [5.74, 6) is 1.00. The van der Waals surface area contributed by atoms with Crippen molar-refractivity contribution in [3.8, 4) is 0 Å². The minimum absolute atomic E-state index is 0.739. The lowest BCUT2D eigenvalue weighted by atomic mass is 9.91. The zero-order valence-electron chi connectivity index (χ0n) is 15.3. The molecule has 0 aliphatic carbocycles. The van der Waals surface area contributed by atoms with Gasteiger partial charge in [0.25, 0.3) is 0 Å². The largest absolute Gasteiger partial charge is 0.301 e. The molecule has 22 heavy (non-hydrogen) atoms. The molecule has 2 atom stereocenters. The molecule has 3 nitrogen and oxygen atoms in total. The van der Waals surface area contributed by atoms with Crippen molar-refractivity contribution in [1.29, 1.82) is 0 Å². The van der Waals surface area contributed by atoms with Crippen LogP contribution in [0.2, 0.25) is 0 Å². The lowest BCUT2D eigenvalue weighted by Gasteiger charge is -2.37. The van der Waals surface area contributed by atoms with Crippen LogP contribution in [-0.4, -0.2) is 71.6 Å². The summed E-state index contributed by atoms with van der Waals surface area (Å²) in [6, 6.07) is 3.21. The second-order valence-corrected chi connectivity index (χ2v) is 8.54. The van der Waals surface area contributed by atoms with Crippen molar-refractivity contribution in [1.82, 2.24) is 14.7 Å². The first kappa shape index (κ1) is 16.7. The summed E-state index contributed by atoms with van der Waals surface area (Å²) in [5.41, 5.74) is 0. The molecule has 3 aliphatic heterocycles. The van der Waals surface area contributed by atoms with Gasteiger partial charge >= 0.3 is 0 Å². The second kappa shape index (κ2) is 7.19. The molecular weight excluding hydrogens is 270 g/mol. The SMILES string of the molecule is CC(C)N1CCC(CCCN2CC3CC2CN3C(C)C)CC1. The van der Waals surface area contributed by atoms with Crippen molar-refractivity contribution in [2.75, 3.05) is 32.7 Å². The summed E-state index contributed by atoms with van der Waals surface area (Å²) in [5, 5.41) is 0. The third-order valence-corrected chi connectivity index (χ3v) is 6.50. The van der Waals surface area contributed by atoms with Crippen LogP contribution in [0.1, 0.15) is 59.8 Å². The van der Waals surface area contributed by atoms with Gasteiger partial charge in [-0.15, -0.1) is 0 Å². The first-order valence-corrected chi connectivity index (χ1v) is 9.78. The van der Waals surface area contributed by atoms with Crippen LogP contribution in [0.4, 0.5) is 0 Å². The molecular formula is C19H37N3. The Balaban J connectivity index is 1.32. The van der Waals surface area contributed by atoms with E-state index >= 15 is 0 Å². The van der Waals surface area contributed by atoms with Crippen molar-refractivity contribution in [2.24, 2.45) is 5.92 Å². The second-order valence-electron chi connectivity index (χ2n) is 8.54. The molecule has 0 aromatic carbocycles. The van der Waals surface area contributed by atoms with E-state index in [0.717, 1.165) is 30.1 Å². The molecule has 0 spiro atoms. The average Bonchev–Trinajstić information content (AvgIpc) is 3.08. The van der Waals surface area contributed by atoms with Gasteiger partial charge in [0, 0.05) is 37.3 Å². The van der Waals surface area contributed by atoms with Crippen molar-refractivity contribution in [2.45, 2.75) is 84.0 Å². The van der Waals surface area contributed by atoms with E-state index in [2.05, 4.69) is 42.4 Å². The summed E-state index contributed by atoms with van der Waals surface area (Å²) >= 11 is 0. The smallest absolute Gasteiger partial charge is 0.0242 e. The van der Waals surface area contributed by atoms with E-state index in [9.17, 15) is 0 Å². The Labute approximate surface area is 138 Å². The van der Waals surface area contributed by atoms with E-state index in [-0.39, 0.29) is 0 Å². The maximum absolute atomic E-state index is 2.80. The van der Waals surface area contributed by atoms with E-state index in [0.29, 0.717) is 0 Å². The molecule has 3 saturated heterocycles. The molecule has 3 heterocycles. The molecule has 0 N–H and O–H groups in total. The van der Waals surface area contributed by atoms with Crippen molar-refractivity contribution in [3.63, 3.8) is 0 Å². The molecule has 3 heteroatoms. The Hall–Kier alpha value is -0.120. The van der Waals surface area contributed by atoms with Gasteiger partial charge in [-0.25, -0.2) is 0 Å². The van der Waals surface area contributed by atoms with Gasteiger partial charge in [-0.05, 0) is 85.4 Å². The summed E-state index contributed by atoms with van der Waals surface area (Å²) in [6.07, 6.45) is 7.20. The summed E-state index contributed by atoms with van der Waals surface area (Å²) < 4.78 is 0. The lowest BCUT2D eigenvalue weighted by molar-refractivity contribution is 0.0990. The molecule has 3 fully saturated rings. The molecule has 2 bridgehead atoms. The average molecular weight is 308 g/mol. The normalized spacial score (nSPS) is 31.9. The van der Waals surface area contributed by atoms with E-state index in [1.807, 2.05) is 0 Å². The van der Waals surface area contributed by atoms with Gasteiger partial charge in [0.1, 0.15) is 0 Å². The fourth-order valence-electron chi connectivity index (χ4n) is 5.03. The van der Waals surface area contributed by atoms with Gasteiger partial charge in [-0.3, -0.25) is 9.80 Å². The van der Waals surface area contributed by atoms with E-state index in [1.165, 1.54) is 64.8 Å². The van der Waals surface area contributed by atoms with Gasteiger partial charge in [0.2, 0.25) is 0 Å². The monoisotopic (exact) mass is 307 g/mol. The minimum Gasteiger partial charge on any atom is -0.301 e. The Morgan fingerprint density at radius 1 is 0.909 bits per heavy atom. The first-order valence-electron chi connectivity index (χ1n) is 9.78. The van der Waals surface area contributed by atoms with Crippen molar-refractivity contribution >= 4 is 0 Å². The van der Waals surface area contributed by atoms with Crippen LogP contribution in [0.15, 0.2) is 0 Å². The quantitative estimate of drug-likeness (QED) is 0.747. The summed E-state index contributed by atoms with van der Waals surface area (Å²) in [4.78, 5) is 8.17. The summed E-state index contributed by atoms with van der Waals surface area (Å²) in [7, 11) is 0. The van der Waals surface area contributed by atoms with Crippen LogP contribution in [0, 0.1) is 5.92 Å². The molecule has 2 unspecified atom stereocenters. The number of hydrogen-bond acceptors (Lipinski definition) is 3. The zero-order chi connectivity index (χ0) is 15.7. The van der Waals surface area contributed by atoms with Crippen LogP contribution in [-0.2, 0) is 0 Å². The summed E-state index contributed by atoms with van der Waals surface area (Å²) in [6.45, 7) is 16.1. The van der Waals surface area contributed by atoms with Gasteiger partial charge in [0.15, 0.2) is 0 Å². The predicted molar refractivity (Wildman–Crippen MR) is 94.3 cm³/mol. The minimum atomic E-state index is 0.739. The van der Waals surface area contributed by atoms with Crippen LogP contribution < -0.4 is 0 Å². The molecule has 0 aromatic rings. The van der Waals surface area contributed by atoms with Gasteiger partial charge in [-0.2, -0.15) is 0 Å². The highest BCUT2D eigenvalue weighted by Crippen LogP contribution is 2.32. The third-order valence-electron chi connectivity index (χ3n) is 6.50. The Morgan fingerprint density at radius 2 is 1.64 bits per heavy atom. The zero-order valence-corrected chi connectivity index (χ0v) is 15.3. The van der Waals surface area contributed by atoms with Crippen LogP contribution >= 0.6 is 0 Å². The first-order chi connectivity index (χ1) is 10.5. The molecule has 3 rings (SSSR count). The Morgan fingerprint density at radius 3 is 2.18 bits per heavy atom. The number of piperazine rings is 1. The van der Waals surface area contributed by atoms with E-state index in [1.54, 1.807) is 0 Å². The third kappa shape index (κ3) is 3.68. The van der Waals surface area contributed by atoms with Crippen molar-refractivity contribution < 1.29 is 0 Å².